The van der Waals surface area contributed by atoms with E-state index in [4.69, 9.17) is 10.2 Å². The molecule has 1 atom stereocenters. The largest absolute Gasteiger partial charge is 0.394 e. The van der Waals surface area contributed by atoms with Crippen molar-refractivity contribution < 1.29 is 20.1 Å². The molecular weight excluding hydrogens is 246 g/mol. The second-order valence-corrected chi connectivity index (χ2v) is 3.40. The Labute approximate surface area is 101 Å². The van der Waals surface area contributed by atoms with Crippen molar-refractivity contribution in [2.75, 3.05) is 18.5 Å². The van der Waals surface area contributed by atoms with Gasteiger partial charge in [-0.2, -0.15) is 0 Å². The molecule has 0 aliphatic heterocycles. The molecule has 0 fully saturated rings. The lowest BCUT2D eigenvalue weighted by Crippen LogP contribution is -2.23. The molecule has 9 nitrogen and oxygen atoms in total. The van der Waals surface area contributed by atoms with Crippen molar-refractivity contribution in [2.45, 2.75) is 6.10 Å². The summed E-state index contributed by atoms with van der Waals surface area (Å²) in [5.41, 5.74) is -1.22. The summed E-state index contributed by atoms with van der Waals surface area (Å²) in [4.78, 5) is 20.0. The molecule has 0 bridgehead atoms. The van der Waals surface area contributed by atoms with Crippen LogP contribution in [0, 0.1) is 20.2 Å². The first-order valence-electron chi connectivity index (χ1n) is 4.92. The molecule has 0 aliphatic carbocycles. The van der Waals surface area contributed by atoms with Gasteiger partial charge in [0.05, 0.1) is 22.6 Å². The topological polar surface area (TPSA) is 139 Å². The van der Waals surface area contributed by atoms with Crippen molar-refractivity contribution in [3.63, 3.8) is 0 Å². The molecule has 98 valence electrons. The molecule has 0 saturated heterocycles. The predicted octanol–water partition coefficient (Wildman–Crippen LogP) is 0.268. The van der Waals surface area contributed by atoms with Gasteiger partial charge in [0.25, 0.3) is 11.4 Å². The first kappa shape index (κ1) is 13.8. The Kier molecular flexibility index (Phi) is 4.52. The third-order valence-corrected chi connectivity index (χ3v) is 2.14. The van der Waals surface area contributed by atoms with Gasteiger partial charge < -0.3 is 15.5 Å². The fourth-order valence-corrected chi connectivity index (χ4v) is 1.30. The van der Waals surface area contributed by atoms with Crippen molar-refractivity contribution in [3.8, 4) is 0 Å². The van der Waals surface area contributed by atoms with Crippen molar-refractivity contribution >= 4 is 17.1 Å². The summed E-state index contributed by atoms with van der Waals surface area (Å²) in [5.74, 6) is 0. The summed E-state index contributed by atoms with van der Waals surface area (Å²) in [6.07, 6.45) is -1.16. The zero-order chi connectivity index (χ0) is 13.7. The Balaban J connectivity index is 3.11. The van der Waals surface area contributed by atoms with Gasteiger partial charge in [-0.15, -0.1) is 0 Å². The highest BCUT2D eigenvalue weighted by Gasteiger charge is 2.24. The highest BCUT2D eigenvalue weighted by Crippen LogP contribution is 2.33. The lowest BCUT2D eigenvalue weighted by Gasteiger charge is -2.10. The molecule has 1 rings (SSSR count). The smallest absolute Gasteiger partial charge is 0.299 e. The number of nitrogens with one attached hydrogen (secondary N) is 1. The van der Waals surface area contributed by atoms with Crippen LogP contribution in [0.5, 0.6) is 0 Å². The molecule has 0 aromatic heterocycles. The minimum absolute atomic E-state index is 0.234. The van der Waals surface area contributed by atoms with Gasteiger partial charge in [-0.1, -0.05) is 0 Å². The molecule has 0 aliphatic rings. The Bertz CT molecular complexity index is 431. The molecular formula is C9H11N3O6. The van der Waals surface area contributed by atoms with Crippen molar-refractivity contribution in [2.24, 2.45) is 0 Å². The monoisotopic (exact) mass is 257 g/mol. The summed E-state index contributed by atoms with van der Waals surface area (Å²) >= 11 is 0. The number of nitro groups is 2. The van der Waals surface area contributed by atoms with E-state index in [-0.39, 0.29) is 12.2 Å². The Hall–Kier alpha value is -2.26. The van der Waals surface area contributed by atoms with Gasteiger partial charge in [0, 0.05) is 18.7 Å². The van der Waals surface area contributed by atoms with Crippen LogP contribution in [0.3, 0.4) is 0 Å². The van der Waals surface area contributed by atoms with Gasteiger partial charge in [0.1, 0.15) is 0 Å². The predicted molar refractivity (Wildman–Crippen MR) is 61.3 cm³/mol. The van der Waals surface area contributed by atoms with E-state index in [1.54, 1.807) is 0 Å². The lowest BCUT2D eigenvalue weighted by molar-refractivity contribution is -0.392. The number of aliphatic hydroxyl groups excluding tert-OH is 2. The summed E-state index contributed by atoms with van der Waals surface area (Å²) in [7, 11) is 0. The number of anilines is 1. The maximum Gasteiger partial charge on any atom is 0.299 e. The van der Waals surface area contributed by atoms with Crippen LogP contribution < -0.4 is 5.32 Å². The quantitative estimate of drug-likeness (QED) is 0.490. The number of nitro benzene ring substituents is 2. The summed E-state index contributed by atoms with van der Waals surface area (Å²) < 4.78 is 0. The van der Waals surface area contributed by atoms with E-state index in [0.717, 1.165) is 12.1 Å². The zero-order valence-corrected chi connectivity index (χ0v) is 9.15. The Morgan fingerprint density at radius 2 is 1.72 bits per heavy atom. The summed E-state index contributed by atoms with van der Waals surface area (Å²) in [5, 5.41) is 41.6. The SMILES string of the molecule is O=[N+]([O-])c1cccc([N+](=O)[O-])c1NCC(O)CO. The third kappa shape index (κ3) is 3.12. The third-order valence-electron chi connectivity index (χ3n) is 2.14. The average molecular weight is 257 g/mol. The molecule has 1 unspecified atom stereocenters. The van der Waals surface area contributed by atoms with Gasteiger partial charge in [-0.3, -0.25) is 20.2 Å². The highest BCUT2D eigenvalue weighted by atomic mass is 16.6. The number of hydrogen-bond acceptors (Lipinski definition) is 7. The van der Waals surface area contributed by atoms with E-state index >= 15 is 0 Å². The van der Waals surface area contributed by atoms with Crippen molar-refractivity contribution in [3.05, 3.63) is 38.4 Å². The molecule has 18 heavy (non-hydrogen) atoms. The van der Waals surface area contributed by atoms with E-state index in [1.165, 1.54) is 6.07 Å². The van der Waals surface area contributed by atoms with Crippen LogP contribution in [0.25, 0.3) is 0 Å². The Morgan fingerprint density at radius 3 is 2.11 bits per heavy atom. The van der Waals surface area contributed by atoms with Crippen LogP contribution >= 0.6 is 0 Å². The molecule has 0 heterocycles. The average Bonchev–Trinajstić information content (AvgIpc) is 2.34. The Morgan fingerprint density at radius 1 is 1.22 bits per heavy atom. The minimum atomic E-state index is -1.16. The van der Waals surface area contributed by atoms with Gasteiger partial charge in [-0.05, 0) is 6.07 Å². The maximum absolute atomic E-state index is 10.7. The fourth-order valence-electron chi connectivity index (χ4n) is 1.30. The zero-order valence-electron chi connectivity index (χ0n) is 9.15. The molecule has 0 saturated carbocycles. The van der Waals surface area contributed by atoms with Gasteiger partial charge >= 0.3 is 0 Å². The van der Waals surface area contributed by atoms with Gasteiger partial charge in [0.2, 0.25) is 0 Å². The highest BCUT2D eigenvalue weighted by molar-refractivity contribution is 5.73. The van der Waals surface area contributed by atoms with Crippen LogP contribution in [0.2, 0.25) is 0 Å². The normalized spacial score (nSPS) is 11.9. The molecule has 9 heteroatoms. The summed E-state index contributed by atoms with van der Waals surface area (Å²) in [6.45, 7) is -0.788. The molecule has 0 radical (unpaired) electrons. The number of rotatable bonds is 6. The van der Waals surface area contributed by atoms with Crippen LogP contribution in [0.1, 0.15) is 0 Å². The molecule has 1 aromatic carbocycles. The van der Waals surface area contributed by atoms with Crippen LogP contribution in [0.15, 0.2) is 18.2 Å². The second-order valence-electron chi connectivity index (χ2n) is 3.40. The van der Waals surface area contributed by atoms with Crippen molar-refractivity contribution in [1.29, 1.82) is 0 Å². The fraction of sp³-hybridized carbons (Fsp3) is 0.333. The van der Waals surface area contributed by atoms with Crippen LogP contribution in [-0.2, 0) is 0 Å². The number of nitrogens with zero attached hydrogens (tertiary/aromatic N) is 2. The molecule has 0 amide bonds. The number of hydrogen-bond donors (Lipinski definition) is 3. The van der Waals surface area contributed by atoms with E-state index in [1.807, 2.05) is 0 Å². The lowest BCUT2D eigenvalue weighted by atomic mass is 10.2. The molecule has 0 spiro atoms. The second kappa shape index (κ2) is 5.89. The van der Waals surface area contributed by atoms with Crippen LogP contribution in [-0.4, -0.2) is 39.3 Å². The van der Waals surface area contributed by atoms with Crippen molar-refractivity contribution in [1.82, 2.24) is 0 Å². The number of aliphatic hydroxyl groups is 2. The minimum Gasteiger partial charge on any atom is -0.394 e. The van der Waals surface area contributed by atoms with Crippen LogP contribution in [0.4, 0.5) is 17.1 Å². The molecule has 1 aromatic rings. The van der Waals surface area contributed by atoms with E-state index < -0.39 is 33.9 Å². The van der Waals surface area contributed by atoms with Gasteiger partial charge in [-0.25, -0.2) is 0 Å². The van der Waals surface area contributed by atoms with E-state index in [2.05, 4.69) is 5.32 Å². The standard InChI is InChI=1S/C9H11N3O6/c13-5-6(14)4-10-9-7(11(15)16)2-1-3-8(9)12(17)18/h1-3,6,10,13-14H,4-5H2. The summed E-state index contributed by atoms with van der Waals surface area (Å²) in [6, 6.07) is 3.42. The van der Waals surface area contributed by atoms with Gasteiger partial charge in [0.15, 0.2) is 5.69 Å². The van der Waals surface area contributed by atoms with E-state index in [9.17, 15) is 20.2 Å². The number of para-hydroxylation sites is 1. The molecule has 3 N–H and O–H groups in total. The first-order valence-corrected chi connectivity index (χ1v) is 4.92. The number of benzene rings is 1. The van der Waals surface area contributed by atoms with E-state index in [0.29, 0.717) is 0 Å². The first-order chi connectivity index (χ1) is 8.47. The maximum atomic E-state index is 10.7.